The third-order valence-electron chi connectivity index (χ3n) is 2.76. The van der Waals surface area contributed by atoms with Crippen LogP contribution < -0.4 is 4.74 Å². The molecular formula is C15H11ClO2S. The summed E-state index contributed by atoms with van der Waals surface area (Å²) < 4.78 is 6.83. The minimum Gasteiger partial charge on any atom is -0.508 e. The zero-order valence-corrected chi connectivity index (χ0v) is 11.5. The molecule has 3 rings (SSSR count). The summed E-state index contributed by atoms with van der Waals surface area (Å²) in [5, 5.41) is 11.1. The van der Waals surface area contributed by atoms with Crippen molar-refractivity contribution in [3.05, 3.63) is 58.4 Å². The molecule has 3 aromatic rings. The summed E-state index contributed by atoms with van der Waals surface area (Å²) in [4.78, 5) is 1.10. The summed E-state index contributed by atoms with van der Waals surface area (Å²) in [6.07, 6.45) is 0. The van der Waals surface area contributed by atoms with Gasteiger partial charge in [0.05, 0.1) is 5.02 Å². The number of benzene rings is 2. The van der Waals surface area contributed by atoms with Crippen molar-refractivity contribution in [3.63, 3.8) is 0 Å². The average Bonchev–Trinajstić information content (AvgIpc) is 2.79. The number of fused-ring (bicyclic) bond motifs is 1. The minimum absolute atomic E-state index is 0.281. The van der Waals surface area contributed by atoms with Gasteiger partial charge < -0.3 is 9.84 Å². The summed E-state index contributed by atoms with van der Waals surface area (Å²) in [6.45, 7) is 0.476. The number of hydrogen-bond acceptors (Lipinski definition) is 3. The van der Waals surface area contributed by atoms with Gasteiger partial charge in [-0.3, -0.25) is 0 Å². The van der Waals surface area contributed by atoms with Crippen LogP contribution in [0.3, 0.4) is 0 Å². The first-order chi connectivity index (χ1) is 9.22. The van der Waals surface area contributed by atoms with Crippen LogP contribution in [0.1, 0.15) is 4.88 Å². The number of para-hydroxylation sites is 1. The molecule has 96 valence electrons. The van der Waals surface area contributed by atoms with Gasteiger partial charge in [0.1, 0.15) is 18.1 Å². The summed E-state index contributed by atoms with van der Waals surface area (Å²) in [5.74, 6) is 0.966. The molecule has 0 saturated carbocycles. The van der Waals surface area contributed by atoms with Gasteiger partial charge in [-0.15, -0.1) is 11.3 Å². The highest BCUT2D eigenvalue weighted by atomic mass is 35.5. The highest BCUT2D eigenvalue weighted by Crippen LogP contribution is 2.30. The number of aromatic hydroxyl groups is 1. The SMILES string of the molecule is Oc1ccc2sc(COc3ccccc3Cl)cc2c1. The molecule has 2 nitrogen and oxygen atoms in total. The van der Waals surface area contributed by atoms with E-state index < -0.39 is 0 Å². The van der Waals surface area contributed by atoms with Crippen LogP contribution in [0, 0.1) is 0 Å². The number of phenols is 1. The topological polar surface area (TPSA) is 29.5 Å². The van der Waals surface area contributed by atoms with E-state index in [4.69, 9.17) is 16.3 Å². The second kappa shape index (κ2) is 5.11. The smallest absolute Gasteiger partial charge is 0.138 e. The zero-order chi connectivity index (χ0) is 13.2. The molecule has 0 bridgehead atoms. The summed E-state index contributed by atoms with van der Waals surface area (Å²) in [6, 6.07) is 14.8. The van der Waals surface area contributed by atoms with Crippen LogP contribution in [0.5, 0.6) is 11.5 Å². The highest BCUT2D eigenvalue weighted by Gasteiger charge is 2.05. The third-order valence-corrected chi connectivity index (χ3v) is 4.16. The van der Waals surface area contributed by atoms with Crippen molar-refractivity contribution in [2.45, 2.75) is 6.61 Å². The lowest BCUT2D eigenvalue weighted by Gasteiger charge is -2.05. The maximum absolute atomic E-state index is 9.44. The molecule has 0 atom stereocenters. The standard InChI is InChI=1S/C15H11ClO2S/c16-13-3-1-2-4-14(13)18-9-12-8-10-7-11(17)5-6-15(10)19-12/h1-8,17H,9H2. The zero-order valence-electron chi connectivity index (χ0n) is 9.97. The van der Waals surface area contributed by atoms with E-state index in [-0.39, 0.29) is 5.75 Å². The lowest BCUT2D eigenvalue weighted by molar-refractivity contribution is 0.310. The van der Waals surface area contributed by atoms with E-state index in [1.807, 2.05) is 30.3 Å². The molecule has 0 spiro atoms. The van der Waals surface area contributed by atoms with Crippen LogP contribution >= 0.6 is 22.9 Å². The highest BCUT2D eigenvalue weighted by molar-refractivity contribution is 7.19. The molecule has 4 heteroatoms. The van der Waals surface area contributed by atoms with Gasteiger partial charge in [-0.05, 0) is 41.8 Å². The Labute approximate surface area is 119 Å². The summed E-state index contributed by atoms with van der Waals surface area (Å²) in [7, 11) is 0. The number of thiophene rings is 1. The fourth-order valence-electron chi connectivity index (χ4n) is 1.87. The Morgan fingerprint density at radius 3 is 2.79 bits per heavy atom. The van der Waals surface area contributed by atoms with Crippen molar-refractivity contribution in [3.8, 4) is 11.5 Å². The van der Waals surface area contributed by atoms with Crippen molar-refractivity contribution >= 4 is 33.0 Å². The van der Waals surface area contributed by atoms with E-state index in [1.165, 1.54) is 0 Å². The van der Waals surface area contributed by atoms with E-state index >= 15 is 0 Å². The molecule has 1 heterocycles. The number of rotatable bonds is 3. The number of hydrogen-bond donors (Lipinski definition) is 1. The Morgan fingerprint density at radius 1 is 1.11 bits per heavy atom. The van der Waals surface area contributed by atoms with Crippen molar-refractivity contribution in [2.75, 3.05) is 0 Å². The summed E-state index contributed by atoms with van der Waals surface area (Å²) in [5.41, 5.74) is 0. The van der Waals surface area contributed by atoms with Gasteiger partial charge in [0.2, 0.25) is 0 Å². The van der Waals surface area contributed by atoms with Gasteiger partial charge in [0, 0.05) is 9.58 Å². The van der Waals surface area contributed by atoms with E-state index in [1.54, 1.807) is 29.5 Å². The van der Waals surface area contributed by atoms with Crippen LogP contribution in [0.15, 0.2) is 48.5 Å². The molecule has 0 saturated heterocycles. The average molecular weight is 291 g/mol. The van der Waals surface area contributed by atoms with E-state index in [2.05, 4.69) is 0 Å². The Balaban J connectivity index is 1.80. The molecule has 0 amide bonds. The largest absolute Gasteiger partial charge is 0.508 e. The Morgan fingerprint density at radius 2 is 1.95 bits per heavy atom. The van der Waals surface area contributed by atoms with Crippen LogP contribution in [-0.2, 0) is 6.61 Å². The lowest BCUT2D eigenvalue weighted by atomic mass is 10.2. The van der Waals surface area contributed by atoms with Gasteiger partial charge in [0.25, 0.3) is 0 Å². The molecule has 0 aliphatic rings. The fraction of sp³-hybridized carbons (Fsp3) is 0.0667. The predicted molar refractivity (Wildman–Crippen MR) is 79.3 cm³/mol. The number of ether oxygens (including phenoxy) is 1. The van der Waals surface area contributed by atoms with E-state index in [0.29, 0.717) is 17.4 Å². The predicted octanol–water partition coefficient (Wildman–Crippen LogP) is 4.84. The van der Waals surface area contributed by atoms with Crippen molar-refractivity contribution in [1.82, 2.24) is 0 Å². The number of phenolic OH excluding ortho intramolecular Hbond substituents is 1. The fourth-order valence-corrected chi connectivity index (χ4v) is 3.02. The Hall–Kier alpha value is -1.71. The molecule has 19 heavy (non-hydrogen) atoms. The second-order valence-electron chi connectivity index (χ2n) is 4.15. The van der Waals surface area contributed by atoms with Gasteiger partial charge in [-0.2, -0.15) is 0 Å². The maximum Gasteiger partial charge on any atom is 0.138 e. The Kier molecular flexibility index (Phi) is 3.32. The van der Waals surface area contributed by atoms with Gasteiger partial charge in [-0.1, -0.05) is 23.7 Å². The van der Waals surface area contributed by atoms with Crippen molar-refractivity contribution < 1.29 is 9.84 Å². The summed E-state index contributed by atoms with van der Waals surface area (Å²) >= 11 is 7.69. The maximum atomic E-state index is 9.44. The van der Waals surface area contributed by atoms with Gasteiger partial charge >= 0.3 is 0 Å². The van der Waals surface area contributed by atoms with Crippen LogP contribution in [0.4, 0.5) is 0 Å². The molecule has 0 aliphatic carbocycles. The first-order valence-electron chi connectivity index (χ1n) is 5.81. The van der Waals surface area contributed by atoms with Crippen LogP contribution in [0.25, 0.3) is 10.1 Å². The minimum atomic E-state index is 0.281. The lowest BCUT2D eigenvalue weighted by Crippen LogP contribution is -1.92. The molecule has 0 unspecified atom stereocenters. The van der Waals surface area contributed by atoms with Crippen LogP contribution in [-0.4, -0.2) is 5.11 Å². The molecular weight excluding hydrogens is 280 g/mol. The van der Waals surface area contributed by atoms with Crippen molar-refractivity contribution in [1.29, 1.82) is 0 Å². The molecule has 0 radical (unpaired) electrons. The number of halogens is 1. The second-order valence-corrected chi connectivity index (χ2v) is 5.73. The van der Waals surface area contributed by atoms with Gasteiger partial charge in [-0.25, -0.2) is 0 Å². The Bertz CT molecular complexity index is 721. The van der Waals surface area contributed by atoms with Crippen LogP contribution in [0.2, 0.25) is 5.02 Å². The molecule has 1 aromatic heterocycles. The molecule has 0 fully saturated rings. The first kappa shape index (κ1) is 12.3. The van der Waals surface area contributed by atoms with E-state index in [0.717, 1.165) is 15.0 Å². The first-order valence-corrected chi connectivity index (χ1v) is 7.00. The molecule has 0 aliphatic heterocycles. The quantitative estimate of drug-likeness (QED) is 0.748. The van der Waals surface area contributed by atoms with E-state index in [9.17, 15) is 5.11 Å². The van der Waals surface area contributed by atoms with Gasteiger partial charge in [0.15, 0.2) is 0 Å². The molecule has 2 aromatic carbocycles. The monoisotopic (exact) mass is 290 g/mol. The molecule has 1 N–H and O–H groups in total. The normalized spacial score (nSPS) is 10.8. The third kappa shape index (κ3) is 2.67. The van der Waals surface area contributed by atoms with Crippen molar-refractivity contribution in [2.24, 2.45) is 0 Å².